The van der Waals surface area contributed by atoms with Crippen LogP contribution in [0, 0.1) is 0 Å². The van der Waals surface area contributed by atoms with Crippen LogP contribution >= 0.6 is 24.0 Å². The summed E-state index contributed by atoms with van der Waals surface area (Å²) in [5.74, 6) is 2.08. The van der Waals surface area contributed by atoms with Gasteiger partial charge in [-0.2, -0.15) is 0 Å². The van der Waals surface area contributed by atoms with Crippen LogP contribution < -0.4 is 15.0 Å². The zero-order chi connectivity index (χ0) is 19.1. The van der Waals surface area contributed by atoms with Crippen molar-refractivity contribution in [1.82, 2.24) is 10.2 Å². The van der Waals surface area contributed by atoms with Crippen LogP contribution in [0.25, 0.3) is 0 Å². The second kappa shape index (κ2) is 11.0. The fraction of sp³-hybridized carbons (Fsp3) is 0.381. The smallest absolute Gasteiger partial charge is 0.194 e. The van der Waals surface area contributed by atoms with Crippen LogP contribution in [0.3, 0.4) is 0 Å². The number of piperazine rings is 1. The van der Waals surface area contributed by atoms with Gasteiger partial charge in [-0.25, -0.2) is 4.99 Å². The molecule has 1 fully saturated rings. The predicted molar refractivity (Wildman–Crippen MR) is 125 cm³/mol. The number of aromatic hydroxyl groups is 1. The Labute approximate surface area is 184 Å². The molecule has 1 aliphatic rings. The first-order valence-corrected chi connectivity index (χ1v) is 9.39. The summed E-state index contributed by atoms with van der Waals surface area (Å²) in [6.07, 6.45) is 0. The van der Waals surface area contributed by atoms with Crippen LogP contribution in [0.2, 0.25) is 0 Å². The van der Waals surface area contributed by atoms with Crippen LogP contribution in [0.4, 0.5) is 5.69 Å². The number of ether oxygens (including phenoxy) is 1. The van der Waals surface area contributed by atoms with E-state index >= 15 is 0 Å². The molecule has 6 nitrogen and oxygen atoms in total. The van der Waals surface area contributed by atoms with E-state index in [0.717, 1.165) is 50.0 Å². The van der Waals surface area contributed by atoms with Crippen molar-refractivity contribution in [1.29, 1.82) is 0 Å². The van der Waals surface area contributed by atoms with Crippen LogP contribution in [0.5, 0.6) is 11.5 Å². The molecule has 0 aliphatic carbocycles. The normalized spacial score (nSPS) is 14.4. The van der Waals surface area contributed by atoms with Gasteiger partial charge in [-0.1, -0.05) is 18.2 Å². The molecule has 152 valence electrons. The lowest BCUT2D eigenvalue weighted by Crippen LogP contribution is -2.52. The summed E-state index contributed by atoms with van der Waals surface area (Å²) < 4.78 is 5.34. The Bertz CT molecular complexity index is 777. The van der Waals surface area contributed by atoms with E-state index in [9.17, 15) is 5.11 Å². The van der Waals surface area contributed by atoms with Gasteiger partial charge in [-0.15, -0.1) is 24.0 Å². The highest BCUT2D eigenvalue weighted by molar-refractivity contribution is 14.0. The van der Waals surface area contributed by atoms with Crippen LogP contribution in [0.15, 0.2) is 53.5 Å². The quantitative estimate of drug-likeness (QED) is 0.378. The molecule has 1 aliphatic heterocycles. The van der Waals surface area contributed by atoms with Gasteiger partial charge >= 0.3 is 0 Å². The van der Waals surface area contributed by atoms with E-state index in [1.165, 1.54) is 5.69 Å². The lowest BCUT2D eigenvalue weighted by molar-refractivity contribution is 0.372. The Morgan fingerprint density at radius 3 is 2.54 bits per heavy atom. The fourth-order valence-electron chi connectivity index (χ4n) is 3.23. The average molecular weight is 496 g/mol. The van der Waals surface area contributed by atoms with Gasteiger partial charge in [0.25, 0.3) is 0 Å². The Hall–Kier alpha value is -2.16. The lowest BCUT2D eigenvalue weighted by atomic mass is 10.2. The maximum absolute atomic E-state index is 9.62. The molecule has 28 heavy (non-hydrogen) atoms. The standard InChI is InChI=1S/C21H28N4O2.HI/c1-3-22-21(23-16-17-6-4-8-19(26)14-17)25-12-10-24(11-13-25)18-7-5-9-20(15-18)27-2;/h4-9,14-15,26H,3,10-13,16H2,1-2H3,(H,22,23);1H. The van der Waals surface area contributed by atoms with E-state index in [1.807, 2.05) is 24.3 Å². The van der Waals surface area contributed by atoms with Crippen LogP contribution in [-0.2, 0) is 6.54 Å². The maximum Gasteiger partial charge on any atom is 0.194 e. The molecule has 1 saturated heterocycles. The minimum Gasteiger partial charge on any atom is -0.508 e. The molecule has 0 spiro atoms. The molecule has 1 heterocycles. The SMILES string of the molecule is CCNC(=NCc1cccc(O)c1)N1CCN(c2cccc(OC)c2)CC1.I. The van der Waals surface area contributed by atoms with Crippen molar-refractivity contribution < 1.29 is 9.84 Å². The van der Waals surface area contributed by atoms with E-state index in [2.05, 4.69) is 34.2 Å². The summed E-state index contributed by atoms with van der Waals surface area (Å²) in [7, 11) is 1.70. The number of hydrogen-bond donors (Lipinski definition) is 2. The molecule has 0 bridgehead atoms. The third kappa shape index (κ3) is 5.92. The predicted octanol–water partition coefficient (Wildman–Crippen LogP) is 3.31. The summed E-state index contributed by atoms with van der Waals surface area (Å²) in [5, 5.41) is 13.0. The Morgan fingerprint density at radius 1 is 1.11 bits per heavy atom. The number of aliphatic imine (C=N–C) groups is 1. The highest BCUT2D eigenvalue weighted by atomic mass is 127. The molecule has 7 heteroatoms. The van der Waals surface area contributed by atoms with Crippen molar-refractivity contribution in [3.8, 4) is 11.5 Å². The van der Waals surface area contributed by atoms with Gasteiger partial charge in [-0.05, 0) is 36.8 Å². The average Bonchev–Trinajstić information content (AvgIpc) is 2.71. The number of halogens is 1. The number of nitrogens with one attached hydrogen (secondary N) is 1. The van der Waals surface area contributed by atoms with Gasteiger partial charge in [0.05, 0.1) is 13.7 Å². The number of hydrogen-bond acceptors (Lipinski definition) is 4. The summed E-state index contributed by atoms with van der Waals surface area (Å²) >= 11 is 0. The third-order valence-electron chi connectivity index (χ3n) is 4.65. The van der Waals surface area contributed by atoms with E-state index in [4.69, 9.17) is 9.73 Å². The number of phenols is 1. The topological polar surface area (TPSA) is 60.3 Å². The van der Waals surface area contributed by atoms with Gasteiger partial charge in [0, 0.05) is 44.5 Å². The first-order chi connectivity index (χ1) is 13.2. The number of rotatable bonds is 5. The highest BCUT2D eigenvalue weighted by Crippen LogP contribution is 2.22. The van der Waals surface area contributed by atoms with Crippen molar-refractivity contribution >= 4 is 35.6 Å². The summed E-state index contributed by atoms with van der Waals surface area (Å²) in [6, 6.07) is 15.5. The summed E-state index contributed by atoms with van der Waals surface area (Å²) in [5.41, 5.74) is 2.19. The molecule has 0 radical (unpaired) electrons. The number of phenolic OH excluding ortho intramolecular Hbond substituents is 1. The second-order valence-electron chi connectivity index (χ2n) is 6.52. The number of anilines is 1. The molecule has 0 atom stereocenters. The third-order valence-corrected chi connectivity index (χ3v) is 4.65. The van der Waals surface area contributed by atoms with E-state index < -0.39 is 0 Å². The monoisotopic (exact) mass is 496 g/mol. The van der Waals surface area contributed by atoms with E-state index in [-0.39, 0.29) is 29.7 Å². The number of methoxy groups -OCH3 is 1. The molecule has 0 saturated carbocycles. The van der Waals surface area contributed by atoms with Gasteiger partial charge in [0.1, 0.15) is 11.5 Å². The molecular formula is C21H29IN4O2. The van der Waals surface area contributed by atoms with Gasteiger partial charge in [0.15, 0.2) is 5.96 Å². The van der Waals surface area contributed by atoms with Crippen molar-refractivity contribution in [2.24, 2.45) is 4.99 Å². The van der Waals surface area contributed by atoms with Crippen molar-refractivity contribution in [2.75, 3.05) is 44.7 Å². The maximum atomic E-state index is 9.62. The minimum atomic E-state index is 0. The van der Waals surface area contributed by atoms with Crippen molar-refractivity contribution in [2.45, 2.75) is 13.5 Å². The molecule has 2 aromatic carbocycles. The van der Waals surface area contributed by atoms with Gasteiger partial charge in [-0.3, -0.25) is 0 Å². The second-order valence-corrected chi connectivity index (χ2v) is 6.52. The molecule has 2 N–H and O–H groups in total. The molecular weight excluding hydrogens is 467 g/mol. The summed E-state index contributed by atoms with van der Waals surface area (Å²) in [4.78, 5) is 9.42. The van der Waals surface area contributed by atoms with E-state index in [1.54, 1.807) is 19.2 Å². The molecule has 3 rings (SSSR count). The molecule has 2 aromatic rings. The fourth-order valence-corrected chi connectivity index (χ4v) is 3.23. The Morgan fingerprint density at radius 2 is 1.86 bits per heavy atom. The molecule has 0 amide bonds. The van der Waals surface area contributed by atoms with Gasteiger partial charge < -0.3 is 25.0 Å². The minimum absolute atomic E-state index is 0. The van der Waals surface area contributed by atoms with Gasteiger partial charge in [0.2, 0.25) is 0 Å². The Balaban J connectivity index is 0.00000280. The van der Waals surface area contributed by atoms with Crippen LogP contribution in [0.1, 0.15) is 12.5 Å². The number of guanidine groups is 1. The van der Waals surface area contributed by atoms with Crippen LogP contribution in [-0.4, -0.2) is 55.8 Å². The molecule has 0 aromatic heterocycles. The first kappa shape index (κ1) is 22.1. The lowest BCUT2D eigenvalue weighted by Gasteiger charge is -2.37. The summed E-state index contributed by atoms with van der Waals surface area (Å²) in [6.45, 7) is 7.14. The molecule has 0 unspecified atom stereocenters. The Kier molecular flexibility index (Phi) is 8.69. The zero-order valence-corrected chi connectivity index (χ0v) is 18.8. The van der Waals surface area contributed by atoms with Crippen molar-refractivity contribution in [3.05, 3.63) is 54.1 Å². The zero-order valence-electron chi connectivity index (χ0n) is 16.5. The number of benzene rings is 2. The largest absolute Gasteiger partial charge is 0.508 e. The first-order valence-electron chi connectivity index (χ1n) is 9.39. The highest BCUT2D eigenvalue weighted by Gasteiger charge is 2.20. The number of nitrogens with zero attached hydrogens (tertiary/aromatic N) is 3. The van der Waals surface area contributed by atoms with E-state index in [0.29, 0.717) is 6.54 Å². The van der Waals surface area contributed by atoms with Crippen molar-refractivity contribution in [3.63, 3.8) is 0 Å².